The topological polar surface area (TPSA) is 96.5 Å². The average Bonchev–Trinajstić information content (AvgIpc) is 3.09. The van der Waals surface area contributed by atoms with E-state index in [9.17, 15) is 18.0 Å². The smallest absolute Gasteiger partial charge is 0.319 e. The molecule has 0 atom stereocenters. The standard InChI is InChI=1S/C22H15F3N6O/c1-13-19(29-21(32)16-6-9-28-18-7-8-27-11-17(16)18)20(22(23,24)25)30-31(13)12-15-4-2-14(10-26)3-5-15/h2-9,11H,12H2,1H3,(H,29,32). The molecule has 0 aliphatic carbocycles. The molecule has 160 valence electrons. The van der Waals surface area contributed by atoms with Crippen LogP contribution in [0.2, 0.25) is 0 Å². The van der Waals surface area contributed by atoms with Crippen LogP contribution in [0.25, 0.3) is 10.9 Å². The molecule has 1 N–H and O–H groups in total. The molecule has 0 unspecified atom stereocenters. The lowest BCUT2D eigenvalue weighted by Gasteiger charge is -2.10. The average molecular weight is 436 g/mol. The van der Waals surface area contributed by atoms with Gasteiger partial charge in [0.05, 0.1) is 40.6 Å². The third kappa shape index (κ3) is 4.00. The number of hydrogen-bond acceptors (Lipinski definition) is 5. The summed E-state index contributed by atoms with van der Waals surface area (Å²) >= 11 is 0. The van der Waals surface area contributed by atoms with Crippen LogP contribution in [0, 0.1) is 18.3 Å². The molecule has 3 aromatic heterocycles. The van der Waals surface area contributed by atoms with Crippen LogP contribution in [0.5, 0.6) is 0 Å². The second kappa shape index (κ2) is 8.11. The highest BCUT2D eigenvalue weighted by atomic mass is 19.4. The number of amides is 1. The minimum Gasteiger partial charge on any atom is -0.319 e. The van der Waals surface area contributed by atoms with Crippen molar-refractivity contribution in [2.24, 2.45) is 0 Å². The molecule has 4 rings (SSSR count). The van der Waals surface area contributed by atoms with Crippen molar-refractivity contribution in [3.05, 3.63) is 83.1 Å². The Morgan fingerprint density at radius 1 is 1.16 bits per heavy atom. The number of fused-ring (bicyclic) bond motifs is 1. The van der Waals surface area contributed by atoms with Gasteiger partial charge in [-0.3, -0.25) is 19.4 Å². The van der Waals surface area contributed by atoms with Crippen molar-refractivity contribution in [3.63, 3.8) is 0 Å². The quantitative estimate of drug-likeness (QED) is 0.514. The summed E-state index contributed by atoms with van der Waals surface area (Å²) in [5.74, 6) is -0.725. The van der Waals surface area contributed by atoms with Gasteiger partial charge in [0.2, 0.25) is 0 Å². The number of carbonyl (C=O) groups is 1. The fourth-order valence-corrected chi connectivity index (χ4v) is 3.27. The first-order valence-electron chi connectivity index (χ1n) is 9.41. The first-order chi connectivity index (χ1) is 15.3. The van der Waals surface area contributed by atoms with Gasteiger partial charge >= 0.3 is 6.18 Å². The zero-order valence-electron chi connectivity index (χ0n) is 16.7. The van der Waals surface area contributed by atoms with Gasteiger partial charge in [-0.25, -0.2) is 0 Å². The van der Waals surface area contributed by atoms with Gasteiger partial charge in [-0.05, 0) is 36.8 Å². The molecule has 0 spiro atoms. The Hall–Kier alpha value is -4.26. The van der Waals surface area contributed by atoms with E-state index < -0.39 is 23.5 Å². The van der Waals surface area contributed by atoms with E-state index in [2.05, 4.69) is 20.4 Å². The lowest BCUT2D eigenvalue weighted by atomic mass is 10.1. The minimum atomic E-state index is -4.77. The normalized spacial score (nSPS) is 11.3. The van der Waals surface area contributed by atoms with E-state index in [-0.39, 0.29) is 17.8 Å². The molecule has 0 saturated carbocycles. The maximum atomic E-state index is 13.7. The number of benzene rings is 1. The third-order valence-corrected chi connectivity index (χ3v) is 4.92. The molecule has 10 heteroatoms. The number of alkyl halides is 3. The number of halogens is 3. The Morgan fingerprint density at radius 3 is 2.59 bits per heavy atom. The molecule has 3 heterocycles. The molecule has 0 bridgehead atoms. The van der Waals surface area contributed by atoms with Crippen molar-refractivity contribution in [3.8, 4) is 6.07 Å². The Morgan fingerprint density at radius 2 is 1.91 bits per heavy atom. The molecule has 1 aromatic carbocycles. The lowest BCUT2D eigenvalue weighted by Crippen LogP contribution is -2.17. The summed E-state index contributed by atoms with van der Waals surface area (Å²) in [5.41, 5.74) is 0.290. The van der Waals surface area contributed by atoms with Crippen molar-refractivity contribution in [2.45, 2.75) is 19.6 Å². The number of nitriles is 1. The largest absolute Gasteiger partial charge is 0.437 e. The molecule has 0 aliphatic rings. The van der Waals surface area contributed by atoms with Crippen LogP contribution < -0.4 is 5.32 Å². The van der Waals surface area contributed by atoms with Crippen LogP contribution in [0.1, 0.15) is 32.9 Å². The van der Waals surface area contributed by atoms with Crippen LogP contribution in [0.3, 0.4) is 0 Å². The highest BCUT2D eigenvalue weighted by Crippen LogP contribution is 2.36. The van der Waals surface area contributed by atoms with E-state index in [1.54, 1.807) is 30.3 Å². The van der Waals surface area contributed by atoms with Crippen LogP contribution in [0.4, 0.5) is 18.9 Å². The first-order valence-corrected chi connectivity index (χ1v) is 9.41. The SMILES string of the molecule is Cc1c(NC(=O)c2ccnc3ccncc23)c(C(F)(F)F)nn1Cc1ccc(C#N)cc1. The van der Waals surface area contributed by atoms with Crippen molar-refractivity contribution < 1.29 is 18.0 Å². The van der Waals surface area contributed by atoms with Crippen LogP contribution in [-0.4, -0.2) is 25.7 Å². The molecule has 0 radical (unpaired) electrons. The summed E-state index contributed by atoms with van der Waals surface area (Å²) in [6.07, 6.45) is -0.423. The van der Waals surface area contributed by atoms with Gasteiger partial charge in [-0.1, -0.05) is 12.1 Å². The Bertz CT molecular complexity index is 1350. The highest BCUT2D eigenvalue weighted by molar-refractivity contribution is 6.12. The molecule has 0 fully saturated rings. The number of hydrogen-bond donors (Lipinski definition) is 1. The van der Waals surface area contributed by atoms with Gasteiger partial charge in [0.25, 0.3) is 5.91 Å². The summed E-state index contributed by atoms with van der Waals surface area (Å²) in [6.45, 7) is 1.49. The van der Waals surface area contributed by atoms with Gasteiger partial charge in [0.1, 0.15) is 0 Å². The van der Waals surface area contributed by atoms with E-state index in [1.807, 2.05) is 6.07 Å². The van der Waals surface area contributed by atoms with Crippen molar-refractivity contribution in [2.75, 3.05) is 5.32 Å². The Labute approximate surface area is 180 Å². The summed E-state index contributed by atoms with van der Waals surface area (Å²) < 4.78 is 42.3. The number of nitrogens with one attached hydrogen (secondary N) is 1. The maximum Gasteiger partial charge on any atom is 0.437 e. The van der Waals surface area contributed by atoms with Crippen LogP contribution in [-0.2, 0) is 12.7 Å². The molecule has 7 nitrogen and oxygen atoms in total. The zero-order valence-corrected chi connectivity index (χ0v) is 16.7. The van der Waals surface area contributed by atoms with Crippen molar-refractivity contribution in [1.82, 2.24) is 19.7 Å². The van der Waals surface area contributed by atoms with E-state index in [0.717, 1.165) is 0 Å². The molecular formula is C22H15F3N6O. The summed E-state index contributed by atoms with van der Waals surface area (Å²) in [5, 5.41) is 15.4. The van der Waals surface area contributed by atoms with Gasteiger partial charge in [-0.15, -0.1) is 0 Å². The molecular weight excluding hydrogens is 421 g/mol. The number of aromatic nitrogens is 4. The van der Waals surface area contributed by atoms with E-state index in [4.69, 9.17) is 5.26 Å². The van der Waals surface area contributed by atoms with Gasteiger partial charge in [0.15, 0.2) is 5.69 Å². The zero-order chi connectivity index (χ0) is 22.9. The number of anilines is 1. The Balaban J connectivity index is 1.71. The molecule has 1 amide bonds. The van der Waals surface area contributed by atoms with Crippen molar-refractivity contribution in [1.29, 1.82) is 5.26 Å². The van der Waals surface area contributed by atoms with Gasteiger partial charge < -0.3 is 5.32 Å². The van der Waals surface area contributed by atoms with E-state index in [0.29, 0.717) is 22.0 Å². The maximum absolute atomic E-state index is 13.7. The van der Waals surface area contributed by atoms with Crippen LogP contribution in [0.15, 0.2) is 55.0 Å². The predicted octanol–water partition coefficient (Wildman–Crippen LogP) is 4.33. The predicted molar refractivity (Wildman–Crippen MR) is 110 cm³/mol. The second-order valence-electron chi connectivity index (χ2n) is 6.98. The minimum absolute atomic E-state index is 0.0403. The summed E-state index contributed by atoms with van der Waals surface area (Å²) in [6, 6.07) is 11.4. The monoisotopic (exact) mass is 436 g/mol. The fourth-order valence-electron chi connectivity index (χ4n) is 3.27. The Kier molecular flexibility index (Phi) is 5.32. The molecule has 4 aromatic rings. The van der Waals surface area contributed by atoms with E-state index in [1.165, 1.54) is 36.3 Å². The summed E-state index contributed by atoms with van der Waals surface area (Å²) in [7, 11) is 0. The molecule has 0 saturated heterocycles. The van der Waals surface area contributed by atoms with E-state index >= 15 is 0 Å². The van der Waals surface area contributed by atoms with Gasteiger partial charge in [0, 0.05) is 24.0 Å². The number of pyridine rings is 2. The first kappa shape index (κ1) is 21.0. The molecule has 0 aliphatic heterocycles. The van der Waals surface area contributed by atoms with Crippen molar-refractivity contribution >= 4 is 22.5 Å². The third-order valence-electron chi connectivity index (χ3n) is 4.92. The number of nitrogens with zero attached hydrogens (tertiary/aromatic N) is 5. The van der Waals surface area contributed by atoms with Gasteiger partial charge in [-0.2, -0.15) is 23.5 Å². The highest BCUT2D eigenvalue weighted by Gasteiger charge is 2.39. The number of carbonyl (C=O) groups excluding carboxylic acids is 1. The fraction of sp³-hybridized carbons (Fsp3) is 0.136. The summed E-state index contributed by atoms with van der Waals surface area (Å²) in [4.78, 5) is 21.0. The number of rotatable bonds is 4. The second-order valence-corrected chi connectivity index (χ2v) is 6.98. The molecule has 32 heavy (non-hydrogen) atoms. The lowest BCUT2D eigenvalue weighted by molar-refractivity contribution is -0.140. The van der Waals surface area contributed by atoms with Crippen LogP contribution >= 0.6 is 0 Å².